The maximum atomic E-state index is 12.5. The molecule has 1 aromatic heterocycles. The number of methoxy groups -OCH3 is 1. The van der Waals surface area contributed by atoms with Crippen LogP contribution in [0.15, 0.2) is 77.7 Å². The van der Waals surface area contributed by atoms with E-state index in [4.69, 9.17) is 9.47 Å². The number of benzene rings is 3. The van der Waals surface area contributed by atoms with Gasteiger partial charge >= 0.3 is 5.97 Å². The summed E-state index contributed by atoms with van der Waals surface area (Å²) in [6, 6.07) is 22.8. The molecule has 0 amide bonds. The molecule has 0 N–H and O–H groups in total. The van der Waals surface area contributed by atoms with Gasteiger partial charge in [-0.05, 0) is 68.4 Å². The average molecular weight is 446 g/mol. The van der Waals surface area contributed by atoms with E-state index in [1.165, 1.54) is 11.8 Å². The van der Waals surface area contributed by atoms with Crippen molar-refractivity contribution in [2.75, 3.05) is 12.9 Å². The van der Waals surface area contributed by atoms with Crippen LogP contribution in [0.25, 0.3) is 16.6 Å². The second kappa shape index (κ2) is 9.32. The van der Waals surface area contributed by atoms with E-state index >= 15 is 0 Å². The van der Waals surface area contributed by atoms with Crippen molar-refractivity contribution in [2.24, 2.45) is 0 Å². The Morgan fingerprint density at radius 3 is 2.28 bits per heavy atom. The highest BCUT2D eigenvalue weighted by atomic mass is 32.2. The third-order valence-electron chi connectivity index (χ3n) is 5.19. The highest BCUT2D eigenvalue weighted by Gasteiger charge is 2.19. The Morgan fingerprint density at radius 1 is 0.938 bits per heavy atom. The molecule has 0 saturated heterocycles. The lowest BCUT2D eigenvalue weighted by molar-refractivity contribution is -0.131. The van der Waals surface area contributed by atoms with Crippen molar-refractivity contribution in [3.05, 3.63) is 84.1 Å². The van der Waals surface area contributed by atoms with Gasteiger partial charge in [-0.2, -0.15) is 0 Å². The van der Waals surface area contributed by atoms with Gasteiger partial charge < -0.3 is 14.0 Å². The average Bonchev–Trinajstić information content (AvgIpc) is 3.09. The highest BCUT2D eigenvalue weighted by Crippen LogP contribution is 2.33. The molecule has 0 atom stereocenters. The Kier molecular flexibility index (Phi) is 6.32. The van der Waals surface area contributed by atoms with Gasteiger partial charge in [0, 0.05) is 27.2 Å². The van der Waals surface area contributed by atoms with Crippen LogP contribution in [0.4, 0.5) is 0 Å². The van der Waals surface area contributed by atoms with Crippen LogP contribution in [0.1, 0.15) is 23.0 Å². The Labute approximate surface area is 191 Å². The predicted octanol–water partition coefficient (Wildman–Crippen LogP) is 5.85. The van der Waals surface area contributed by atoms with Crippen LogP contribution in [0.3, 0.4) is 0 Å². The van der Waals surface area contributed by atoms with Gasteiger partial charge in [0.15, 0.2) is 5.78 Å². The lowest BCUT2D eigenvalue weighted by Crippen LogP contribution is -2.10. The van der Waals surface area contributed by atoms with Crippen LogP contribution in [0, 0.1) is 6.92 Å². The SMILES string of the molecule is COc1ccc(-n2c(C)c(C(C)=O)c3cc(OC(=O)CSc4ccccc4)ccc32)cc1. The Morgan fingerprint density at radius 2 is 1.62 bits per heavy atom. The summed E-state index contributed by atoms with van der Waals surface area (Å²) in [5, 5.41) is 0.756. The first-order valence-electron chi connectivity index (χ1n) is 10.2. The summed E-state index contributed by atoms with van der Waals surface area (Å²) in [6.45, 7) is 3.47. The molecule has 0 aliphatic heterocycles. The van der Waals surface area contributed by atoms with Gasteiger partial charge in [-0.3, -0.25) is 9.59 Å². The predicted molar refractivity (Wildman–Crippen MR) is 127 cm³/mol. The molecule has 3 aromatic carbocycles. The summed E-state index contributed by atoms with van der Waals surface area (Å²) in [5.74, 6) is 1.01. The minimum absolute atomic E-state index is 0.0390. The van der Waals surface area contributed by atoms with Crippen LogP contribution in [-0.2, 0) is 4.79 Å². The summed E-state index contributed by atoms with van der Waals surface area (Å²) < 4.78 is 12.9. The molecule has 162 valence electrons. The largest absolute Gasteiger partial charge is 0.497 e. The molecule has 0 bridgehead atoms. The maximum absolute atomic E-state index is 12.5. The summed E-state index contributed by atoms with van der Waals surface area (Å²) in [5.41, 5.74) is 3.24. The number of thioether (sulfide) groups is 1. The molecule has 0 aliphatic carbocycles. The minimum Gasteiger partial charge on any atom is -0.497 e. The first kappa shape index (κ1) is 21.7. The van der Waals surface area contributed by atoms with Gasteiger partial charge in [-0.15, -0.1) is 11.8 Å². The molecule has 1 heterocycles. The zero-order valence-electron chi connectivity index (χ0n) is 18.1. The molecule has 6 heteroatoms. The van der Waals surface area contributed by atoms with E-state index in [2.05, 4.69) is 0 Å². The molecule has 0 radical (unpaired) electrons. The minimum atomic E-state index is -0.339. The standard InChI is InChI=1S/C26H23NO4S/c1-17-26(18(2)28)23-15-21(31-25(29)16-32-22-7-5-4-6-8-22)13-14-24(23)27(17)19-9-11-20(30-3)12-10-19/h4-15H,16H2,1-3H3. The van der Waals surface area contributed by atoms with Crippen LogP contribution >= 0.6 is 11.8 Å². The van der Waals surface area contributed by atoms with Gasteiger partial charge in [-0.25, -0.2) is 0 Å². The van der Waals surface area contributed by atoms with Crippen LogP contribution < -0.4 is 9.47 Å². The quantitative estimate of drug-likeness (QED) is 0.155. The van der Waals surface area contributed by atoms with Crippen molar-refractivity contribution < 1.29 is 19.1 Å². The second-order valence-electron chi connectivity index (χ2n) is 7.30. The molecule has 4 rings (SSSR count). The topological polar surface area (TPSA) is 57.5 Å². The summed E-state index contributed by atoms with van der Waals surface area (Å²) >= 11 is 1.42. The van der Waals surface area contributed by atoms with E-state index in [9.17, 15) is 9.59 Å². The summed E-state index contributed by atoms with van der Waals surface area (Å²) in [7, 11) is 1.63. The number of rotatable bonds is 7. The van der Waals surface area contributed by atoms with E-state index in [-0.39, 0.29) is 17.5 Å². The second-order valence-corrected chi connectivity index (χ2v) is 8.35. The number of carbonyl (C=O) groups is 2. The highest BCUT2D eigenvalue weighted by molar-refractivity contribution is 8.00. The molecular weight excluding hydrogens is 422 g/mol. The van der Waals surface area contributed by atoms with E-state index in [0.717, 1.165) is 32.9 Å². The van der Waals surface area contributed by atoms with Crippen molar-refractivity contribution in [3.63, 3.8) is 0 Å². The van der Waals surface area contributed by atoms with Crippen LogP contribution in [0.2, 0.25) is 0 Å². The molecule has 4 aromatic rings. The van der Waals surface area contributed by atoms with Crippen LogP contribution in [0.5, 0.6) is 11.5 Å². The third-order valence-corrected chi connectivity index (χ3v) is 6.18. The Bertz CT molecular complexity index is 1280. The molecule has 0 unspecified atom stereocenters. The molecule has 0 fully saturated rings. The number of nitrogens with zero attached hydrogens (tertiary/aromatic N) is 1. The molecular formula is C26H23NO4S. The van der Waals surface area contributed by atoms with Gasteiger partial charge in [0.2, 0.25) is 0 Å². The maximum Gasteiger partial charge on any atom is 0.321 e. The third kappa shape index (κ3) is 4.41. The molecule has 5 nitrogen and oxygen atoms in total. The number of carbonyl (C=O) groups excluding carboxylic acids is 2. The first-order chi connectivity index (χ1) is 15.5. The Hall–Kier alpha value is -3.51. The number of ether oxygens (including phenoxy) is 2. The number of Topliss-reactive ketones (excluding diaryl/α,β-unsaturated/α-hetero) is 1. The van der Waals surface area contributed by atoms with Crippen molar-refractivity contribution in [1.29, 1.82) is 0 Å². The number of fused-ring (bicyclic) bond motifs is 1. The summed E-state index contributed by atoms with van der Waals surface area (Å²) in [6.07, 6.45) is 0. The van der Waals surface area contributed by atoms with E-state index < -0.39 is 0 Å². The normalized spacial score (nSPS) is 10.8. The lowest BCUT2D eigenvalue weighted by atomic mass is 10.1. The zero-order chi connectivity index (χ0) is 22.7. The van der Waals surface area contributed by atoms with E-state index in [1.807, 2.05) is 72.2 Å². The van der Waals surface area contributed by atoms with Gasteiger partial charge in [0.25, 0.3) is 0 Å². The number of hydrogen-bond acceptors (Lipinski definition) is 5. The number of esters is 1. The molecule has 0 saturated carbocycles. The number of hydrogen-bond donors (Lipinski definition) is 0. The van der Waals surface area contributed by atoms with Crippen molar-refractivity contribution in [1.82, 2.24) is 4.57 Å². The number of ketones is 1. The lowest BCUT2D eigenvalue weighted by Gasteiger charge is -2.10. The fourth-order valence-corrected chi connectivity index (χ4v) is 4.48. The monoisotopic (exact) mass is 445 g/mol. The van der Waals surface area contributed by atoms with Gasteiger partial charge in [0.05, 0.1) is 18.4 Å². The van der Waals surface area contributed by atoms with Crippen LogP contribution in [-0.4, -0.2) is 29.2 Å². The fourth-order valence-electron chi connectivity index (χ4n) is 3.79. The summed E-state index contributed by atoms with van der Waals surface area (Å²) in [4.78, 5) is 25.8. The first-order valence-corrected chi connectivity index (χ1v) is 11.2. The van der Waals surface area contributed by atoms with E-state index in [1.54, 1.807) is 26.2 Å². The molecule has 32 heavy (non-hydrogen) atoms. The fraction of sp³-hybridized carbons (Fsp3) is 0.154. The Balaban J connectivity index is 1.65. The van der Waals surface area contributed by atoms with E-state index in [0.29, 0.717) is 11.3 Å². The van der Waals surface area contributed by atoms with Gasteiger partial charge in [0.1, 0.15) is 11.5 Å². The molecule has 0 spiro atoms. The zero-order valence-corrected chi connectivity index (χ0v) is 18.9. The van der Waals surface area contributed by atoms with Gasteiger partial charge in [-0.1, -0.05) is 18.2 Å². The molecule has 0 aliphatic rings. The van der Waals surface area contributed by atoms with Crippen molar-refractivity contribution >= 4 is 34.4 Å². The smallest absolute Gasteiger partial charge is 0.321 e. The van der Waals surface area contributed by atoms with Crippen molar-refractivity contribution in [2.45, 2.75) is 18.7 Å². The number of aromatic nitrogens is 1. The van der Waals surface area contributed by atoms with Crippen molar-refractivity contribution in [3.8, 4) is 17.2 Å².